The average Bonchev–Trinajstić information content (AvgIpc) is 2.43. The van der Waals surface area contributed by atoms with Crippen molar-refractivity contribution in [3.63, 3.8) is 0 Å². The minimum atomic E-state index is -0.361. The zero-order chi connectivity index (χ0) is 15.1. The number of hydrogen-bond donors (Lipinski definition) is 1. The minimum absolute atomic E-state index is 0.0361. The van der Waals surface area contributed by atoms with Crippen molar-refractivity contribution in [2.45, 2.75) is 84.2 Å². The summed E-state index contributed by atoms with van der Waals surface area (Å²) in [6.45, 7) is 4.11. The van der Waals surface area contributed by atoms with Crippen molar-refractivity contribution >= 4 is 12.4 Å². The van der Waals surface area contributed by atoms with Gasteiger partial charge >= 0.3 is 5.97 Å². The summed E-state index contributed by atoms with van der Waals surface area (Å²) < 4.78 is 5.16. The number of nitrogens with one attached hydrogen (secondary N) is 1. The number of esters is 1. The van der Waals surface area contributed by atoms with E-state index in [2.05, 4.69) is 12.2 Å². The van der Waals surface area contributed by atoms with Crippen molar-refractivity contribution in [1.29, 1.82) is 0 Å². The van der Waals surface area contributed by atoms with Gasteiger partial charge in [-0.15, -0.1) is 0 Å². The highest BCUT2D eigenvalue weighted by Crippen LogP contribution is 2.12. The topological polar surface area (TPSA) is 55.4 Å². The van der Waals surface area contributed by atoms with Crippen LogP contribution in [0.3, 0.4) is 0 Å². The van der Waals surface area contributed by atoms with Crippen molar-refractivity contribution in [2.75, 3.05) is 6.54 Å². The summed E-state index contributed by atoms with van der Waals surface area (Å²) in [6.07, 6.45) is 13.0. The van der Waals surface area contributed by atoms with Gasteiger partial charge in [-0.1, -0.05) is 58.3 Å². The van der Waals surface area contributed by atoms with Crippen molar-refractivity contribution in [1.82, 2.24) is 5.32 Å². The average molecular weight is 285 g/mol. The number of amides is 1. The molecule has 20 heavy (non-hydrogen) atoms. The monoisotopic (exact) mass is 285 g/mol. The van der Waals surface area contributed by atoms with Gasteiger partial charge in [-0.05, 0) is 19.8 Å². The molecule has 0 aromatic heterocycles. The maximum atomic E-state index is 11.2. The van der Waals surface area contributed by atoms with Crippen LogP contribution in [0.1, 0.15) is 78.1 Å². The quantitative estimate of drug-likeness (QED) is 0.301. The van der Waals surface area contributed by atoms with Gasteiger partial charge < -0.3 is 10.1 Å². The van der Waals surface area contributed by atoms with E-state index in [0.717, 1.165) is 12.8 Å². The van der Waals surface area contributed by atoms with Crippen molar-refractivity contribution < 1.29 is 14.3 Å². The Morgan fingerprint density at radius 3 is 2.15 bits per heavy atom. The lowest BCUT2D eigenvalue weighted by molar-refractivity contribution is -0.147. The highest BCUT2D eigenvalue weighted by Gasteiger charge is 2.08. The fourth-order valence-electron chi connectivity index (χ4n) is 2.19. The molecule has 1 unspecified atom stereocenters. The fourth-order valence-corrected chi connectivity index (χ4v) is 2.19. The van der Waals surface area contributed by atoms with Gasteiger partial charge in [-0.25, -0.2) is 0 Å². The molecule has 1 atom stereocenters. The highest BCUT2D eigenvalue weighted by molar-refractivity contribution is 5.74. The Hall–Kier alpha value is -1.06. The molecule has 0 radical (unpaired) electrons. The van der Waals surface area contributed by atoms with Crippen molar-refractivity contribution in [2.24, 2.45) is 0 Å². The molecule has 0 fully saturated rings. The van der Waals surface area contributed by atoms with Crippen molar-refractivity contribution in [3.8, 4) is 0 Å². The lowest BCUT2D eigenvalue weighted by Gasteiger charge is -2.12. The van der Waals surface area contributed by atoms with Gasteiger partial charge in [0.2, 0.25) is 6.41 Å². The van der Waals surface area contributed by atoms with E-state index in [9.17, 15) is 9.59 Å². The molecule has 0 aromatic rings. The van der Waals surface area contributed by atoms with Crippen LogP contribution >= 0.6 is 0 Å². The third-order valence-electron chi connectivity index (χ3n) is 3.38. The predicted octanol–water partition coefficient (Wildman–Crippen LogP) is 3.59. The molecule has 0 rings (SSSR count). The van der Waals surface area contributed by atoms with E-state index in [1.165, 1.54) is 51.4 Å². The molecule has 0 aromatic carbocycles. The molecule has 0 saturated carbocycles. The molecule has 0 aliphatic rings. The Balaban J connectivity index is 3.28. The van der Waals surface area contributed by atoms with Gasteiger partial charge in [0.15, 0.2) is 0 Å². The van der Waals surface area contributed by atoms with Crippen LogP contribution in [-0.2, 0) is 14.3 Å². The Morgan fingerprint density at radius 1 is 1.05 bits per heavy atom. The van der Waals surface area contributed by atoms with E-state index < -0.39 is 0 Å². The van der Waals surface area contributed by atoms with E-state index >= 15 is 0 Å². The standard InChI is InChI=1S/C16H31NO3/c1-3-4-5-6-7-8-9-10-11-12-15(2)20-16(19)13-17-14-18/h14-15H,3-13H2,1-2H3,(H,17,18). The smallest absolute Gasteiger partial charge is 0.325 e. The normalized spacial score (nSPS) is 11.9. The SMILES string of the molecule is CCCCCCCCCCCC(C)OC(=O)CNC=O. The number of ether oxygens (including phenoxy) is 1. The fraction of sp³-hybridized carbons (Fsp3) is 0.875. The zero-order valence-corrected chi connectivity index (χ0v) is 13.2. The van der Waals surface area contributed by atoms with Gasteiger partial charge in [0.05, 0.1) is 6.10 Å². The molecule has 118 valence electrons. The molecular formula is C16H31NO3. The molecule has 0 spiro atoms. The molecule has 0 aliphatic carbocycles. The number of unbranched alkanes of at least 4 members (excludes halogenated alkanes) is 8. The molecule has 4 nitrogen and oxygen atoms in total. The lowest BCUT2D eigenvalue weighted by atomic mass is 10.1. The van der Waals surface area contributed by atoms with Gasteiger partial charge in [-0.2, -0.15) is 0 Å². The zero-order valence-electron chi connectivity index (χ0n) is 13.2. The summed E-state index contributed by atoms with van der Waals surface area (Å²) in [4.78, 5) is 21.3. The van der Waals surface area contributed by atoms with Crippen LogP contribution in [0, 0.1) is 0 Å². The second-order valence-electron chi connectivity index (χ2n) is 5.42. The Bertz CT molecular complexity index is 244. The summed E-state index contributed by atoms with van der Waals surface area (Å²) in [5, 5.41) is 2.30. The van der Waals surface area contributed by atoms with Crippen LogP contribution < -0.4 is 5.32 Å². The van der Waals surface area contributed by atoms with Gasteiger partial charge in [0, 0.05) is 0 Å². The predicted molar refractivity (Wildman–Crippen MR) is 81.5 cm³/mol. The lowest BCUT2D eigenvalue weighted by Crippen LogP contribution is -2.26. The van der Waals surface area contributed by atoms with E-state index in [0.29, 0.717) is 6.41 Å². The molecule has 0 aliphatic heterocycles. The van der Waals surface area contributed by atoms with E-state index in [1.54, 1.807) is 0 Å². The summed E-state index contributed by atoms with van der Waals surface area (Å²) in [5.41, 5.74) is 0. The first-order valence-corrected chi connectivity index (χ1v) is 8.07. The first kappa shape index (κ1) is 18.9. The van der Waals surface area contributed by atoms with Crippen LogP contribution in [0.15, 0.2) is 0 Å². The van der Waals surface area contributed by atoms with Gasteiger partial charge in [0.1, 0.15) is 6.54 Å². The molecule has 0 heterocycles. The first-order chi connectivity index (χ1) is 9.70. The molecular weight excluding hydrogens is 254 g/mol. The molecule has 1 amide bonds. The van der Waals surface area contributed by atoms with Crippen LogP contribution in [0.25, 0.3) is 0 Å². The number of hydrogen-bond acceptors (Lipinski definition) is 3. The minimum Gasteiger partial charge on any atom is -0.461 e. The van der Waals surface area contributed by atoms with E-state index in [-0.39, 0.29) is 18.6 Å². The third-order valence-corrected chi connectivity index (χ3v) is 3.38. The van der Waals surface area contributed by atoms with Gasteiger partial charge in [0.25, 0.3) is 0 Å². The Morgan fingerprint density at radius 2 is 1.60 bits per heavy atom. The summed E-state index contributed by atoms with van der Waals surface area (Å²) in [6, 6.07) is 0. The number of rotatable bonds is 14. The maximum absolute atomic E-state index is 11.2. The highest BCUT2D eigenvalue weighted by atomic mass is 16.5. The van der Waals surface area contributed by atoms with E-state index in [4.69, 9.17) is 4.74 Å². The second kappa shape index (κ2) is 14.4. The van der Waals surface area contributed by atoms with Crippen LogP contribution in [0.2, 0.25) is 0 Å². The molecule has 4 heteroatoms. The Kier molecular flexibility index (Phi) is 13.6. The van der Waals surface area contributed by atoms with Crippen LogP contribution in [0.4, 0.5) is 0 Å². The largest absolute Gasteiger partial charge is 0.461 e. The maximum Gasteiger partial charge on any atom is 0.325 e. The summed E-state index contributed by atoms with van der Waals surface area (Å²) in [7, 11) is 0. The first-order valence-electron chi connectivity index (χ1n) is 8.07. The molecule has 0 saturated heterocycles. The van der Waals surface area contributed by atoms with Gasteiger partial charge in [-0.3, -0.25) is 9.59 Å². The molecule has 1 N–H and O–H groups in total. The second-order valence-corrected chi connectivity index (χ2v) is 5.42. The Labute approximate surface area is 123 Å². The number of carbonyl (C=O) groups excluding carboxylic acids is 2. The van der Waals surface area contributed by atoms with Crippen LogP contribution in [-0.4, -0.2) is 25.0 Å². The van der Waals surface area contributed by atoms with Crippen LogP contribution in [0.5, 0.6) is 0 Å². The van der Waals surface area contributed by atoms with E-state index in [1.807, 2.05) is 6.92 Å². The van der Waals surface area contributed by atoms with Crippen molar-refractivity contribution in [3.05, 3.63) is 0 Å². The molecule has 0 bridgehead atoms. The summed E-state index contributed by atoms with van der Waals surface area (Å²) in [5.74, 6) is -0.361. The summed E-state index contributed by atoms with van der Waals surface area (Å²) >= 11 is 0. The number of carbonyl (C=O) groups is 2. The third kappa shape index (κ3) is 13.4.